The highest BCUT2D eigenvalue weighted by Crippen LogP contribution is 2.39. The molecule has 10 heteroatoms. The van der Waals surface area contributed by atoms with Gasteiger partial charge in [0.25, 0.3) is 5.91 Å². The zero-order chi connectivity index (χ0) is 31.0. The van der Waals surface area contributed by atoms with Gasteiger partial charge < -0.3 is 19.6 Å². The lowest BCUT2D eigenvalue weighted by atomic mass is 9.88. The number of methoxy groups -OCH3 is 1. The van der Waals surface area contributed by atoms with Gasteiger partial charge in [0, 0.05) is 44.0 Å². The third kappa shape index (κ3) is 5.57. The van der Waals surface area contributed by atoms with Gasteiger partial charge in [-0.05, 0) is 72.5 Å². The van der Waals surface area contributed by atoms with Gasteiger partial charge in [-0.3, -0.25) is 9.48 Å². The number of phenols is 1. The molecule has 2 heterocycles. The Morgan fingerprint density at radius 1 is 1.19 bits per heavy atom. The molecule has 8 nitrogen and oxygen atoms in total. The van der Waals surface area contributed by atoms with Crippen molar-refractivity contribution in [3.05, 3.63) is 100 Å². The van der Waals surface area contributed by atoms with E-state index in [2.05, 4.69) is 21.6 Å². The quantitative estimate of drug-likeness (QED) is 0.351. The van der Waals surface area contributed by atoms with Crippen LogP contribution in [0.5, 0.6) is 5.75 Å². The molecule has 1 N–H and O–H groups in total. The number of carbonyl (C=O) groups is 1. The number of rotatable bonds is 6. The summed E-state index contributed by atoms with van der Waals surface area (Å²) in [5, 5.41) is 16.2. The second-order valence-electron chi connectivity index (χ2n) is 10.8. The van der Waals surface area contributed by atoms with Gasteiger partial charge in [-0.2, -0.15) is 5.10 Å². The van der Waals surface area contributed by atoms with Crippen molar-refractivity contribution >= 4 is 28.0 Å². The summed E-state index contributed by atoms with van der Waals surface area (Å²) in [6.07, 6.45) is 4.56. The van der Waals surface area contributed by atoms with Gasteiger partial charge in [-0.25, -0.2) is 13.8 Å². The maximum absolute atomic E-state index is 16.7. The fraction of sp³-hybridized carbons (Fsp3) is 0.303. The fourth-order valence-electron chi connectivity index (χ4n) is 5.65. The van der Waals surface area contributed by atoms with Crippen molar-refractivity contribution in [1.82, 2.24) is 19.6 Å². The molecule has 2 aliphatic rings. The van der Waals surface area contributed by atoms with E-state index in [1.165, 1.54) is 24.1 Å². The summed E-state index contributed by atoms with van der Waals surface area (Å²) >= 11 is 0. The van der Waals surface area contributed by atoms with Crippen molar-refractivity contribution in [2.45, 2.75) is 39.8 Å². The lowest BCUT2D eigenvalue weighted by molar-refractivity contribution is 0.0821. The lowest BCUT2D eigenvalue weighted by Gasteiger charge is -2.27. The summed E-state index contributed by atoms with van der Waals surface area (Å²) in [6, 6.07) is 7.73. The lowest BCUT2D eigenvalue weighted by Crippen LogP contribution is -2.25. The number of hydrogen-bond acceptors (Lipinski definition) is 6. The van der Waals surface area contributed by atoms with E-state index in [1.54, 1.807) is 44.4 Å². The van der Waals surface area contributed by atoms with Crippen molar-refractivity contribution in [2.24, 2.45) is 4.99 Å². The molecule has 2 aromatic carbocycles. The minimum absolute atomic E-state index is 0.0203. The number of allylic oxidation sites excluding steroid dienone is 6. The Morgan fingerprint density at radius 3 is 2.65 bits per heavy atom. The molecule has 43 heavy (non-hydrogen) atoms. The maximum Gasteiger partial charge on any atom is 0.273 e. The Morgan fingerprint density at radius 2 is 1.95 bits per heavy atom. The van der Waals surface area contributed by atoms with Crippen LogP contribution in [-0.2, 0) is 24.2 Å². The molecule has 0 fully saturated rings. The average molecular weight is 588 g/mol. The Balaban J connectivity index is 1.62. The number of carbonyl (C=O) groups excluding carboxylic acids is 1. The largest absolute Gasteiger partial charge is 0.508 e. The predicted molar refractivity (Wildman–Crippen MR) is 164 cm³/mol. The number of benzene rings is 2. The van der Waals surface area contributed by atoms with Crippen LogP contribution in [-0.4, -0.2) is 64.1 Å². The SMILES string of the molecule is C=C(/N=C1/C(F)=C(c2cc(O)cc3ccc(F)c(CC)c23)C=C/C1=C(/C)N1CCCn2nc(C(=O)N(C)C)cc2C1)OC. The molecule has 0 unspecified atom stereocenters. The second kappa shape index (κ2) is 11.9. The molecular weight excluding hydrogens is 552 g/mol. The number of amides is 1. The van der Waals surface area contributed by atoms with Crippen molar-refractivity contribution in [2.75, 3.05) is 27.7 Å². The van der Waals surface area contributed by atoms with Gasteiger partial charge in [0.1, 0.15) is 17.3 Å². The van der Waals surface area contributed by atoms with Gasteiger partial charge in [-0.1, -0.05) is 25.1 Å². The van der Waals surface area contributed by atoms with E-state index in [9.17, 15) is 14.3 Å². The van der Waals surface area contributed by atoms with Gasteiger partial charge in [0.15, 0.2) is 11.5 Å². The molecule has 0 radical (unpaired) electrons. The Bertz CT molecular complexity index is 1760. The van der Waals surface area contributed by atoms with Crippen LogP contribution in [0.15, 0.2) is 77.0 Å². The smallest absolute Gasteiger partial charge is 0.273 e. The molecule has 1 aromatic heterocycles. The number of hydrogen-bond donors (Lipinski definition) is 1. The highest BCUT2D eigenvalue weighted by atomic mass is 19.1. The molecule has 1 amide bonds. The minimum Gasteiger partial charge on any atom is -0.508 e. The number of aliphatic imine (C=N–C) groups is 1. The van der Waals surface area contributed by atoms with Crippen LogP contribution in [0.2, 0.25) is 0 Å². The van der Waals surface area contributed by atoms with E-state index in [-0.39, 0.29) is 28.8 Å². The normalized spacial score (nSPS) is 17.3. The first kappa shape index (κ1) is 29.8. The molecule has 3 aromatic rings. The van der Waals surface area contributed by atoms with Crippen LogP contribution in [0.25, 0.3) is 16.3 Å². The Kier molecular flexibility index (Phi) is 8.21. The molecule has 1 aliphatic carbocycles. The average Bonchev–Trinajstić information content (AvgIpc) is 3.27. The topological polar surface area (TPSA) is 83.2 Å². The Hall–Kier alpha value is -4.73. The summed E-state index contributed by atoms with van der Waals surface area (Å²) < 4.78 is 38.6. The number of aromatic hydroxyl groups is 1. The van der Waals surface area contributed by atoms with Gasteiger partial charge >= 0.3 is 0 Å². The van der Waals surface area contributed by atoms with Gasteiger partial charge in [0.2, 0.25) is 5.88 Å². The number of halogens is 2. The van der Waals surface area contributed by atoms with Crippen molar-refractivity contribution in [3.63, 3.8) is 0 Å². The van der Waals surface area contributed by atoms with E-state index in [4.69, 9.17) is 4.74 Å². The van der Waals surface area contributed by atoms with Crippen LogP contribution < -0.4 is 0 Å². The maximum atomic E-state index is 16.7. The van der Waals surface area contributed by atoms with Crippen LogP contribution in [0.4, 0.5) is 8.78 Å². The fourth-order valence-corrected chi connectivity index (χ4v) is 5.65. The molecule has 5 rings (SSSR count). The minimum atomic E-state index is -0.646. The molecule has 0 saturated heterocycles. The van der Waals surface area contributed by atoms with E-state index < -0.39 is 11.6 Å². The Labute approximate surface area is 249 Å². The molecule has 0 atom stereocenters. The number of fused-ring (bicyclic) bond motifs is 2. The highest BCUT2D eigenvalue weighted by Gasteiger charge is 2.28. The zero-order valence-electron chi connectivity index (χ0n) is 25.0. The molecule has 0 spiro atoms. The molecular formula is C33H35F2N5O3. The number of phenolic OH excluding ortho intramolecular Hbond substituents is 1. The molecule has 0 saturated carbocycles. The summed E-state index contributed by atoms with van der Waals surface area (Å²) in [4.78, 5) is 20.5. The van der Waals surface area contributed by atoms with Crippen LogP contribution >= 0.6 is 0 Å². The highest BCUT2D eigenvalue weighted by molar-refractivity contribution is 6.21. The van der Waals surface area contributed by atoms with Crippen LogP contribution in [0.1, 0.15) is 47.6 Å². The second-order valence-corrected chi connectivity index (χ2v) is 10.8. The van der Waals surface area contributed by atoms with Crippen LogP contribution in [0.3, 0.4) is 0 Å². The zero-order valence-corrected chi connectivity index (χ0v) is 25.0. The van der Waals surface area contributed by atoms with E-state index in [0.717, 1.165) is 17.8 Å². The number of ether oxygens (including phenoxy) is 1. The summed E-state index contributed by atoms with van der Waals surface area (Å²) in [6.45, 7) is 9.31. The first-order valence-corrected chi connectivity index (χ1v) is 14.1. The first-order valence-electron chi connectivity index (χ1n) is 14.1. The van der Waals surface area contributed by atoms with E-state index >= 15 is 4.39 Å². The van der Waals surface area contributed by atoms with E-state index in [0.29, 0.717) is 59.2 Å². The molecule has 224 valence electrons. The predicted octanol–water partition coefficient (Wildman–Crippen LogP) is 6.13. The van der Waals surface area contributed by atoms with Gasteiger partial charge in [0.05, 0.1) is 19.3 Å². The first-order chi connectivity index (χ1) is 20.5. The van der Waals surface area contributed by atoms with Crippen molar-refractivity contribution < 1.29 is 23.4 Å². The molecule has 1 aliphatic heterocycles. The van der Waals surface area contributed by atoms with Crippen molar-refractivity contribution in [3.8, 4) is 5.75 Å². The summed E-state index contributed by atoms with van der Waals surface area (Å²) in [5.74, 6) is -1.25. The number of aryl methyl sites for hydroxylation is 2. The molecule has 0 bridgehead atoms. The summed E-state index contributed by atoms with van der Waals surface area (Å²) in [7, 11) is 4.78. The third-order valence-electron chi connectivity index (χ3n) is 7.89. The third-order valence-corrected chi connectivity index (χ3v) is 7.89. The van der Waals surface area contributed by atoms with Gasteiger partial charge in [-0.15, -0.1) is 0 Å². The van der Waals surface area contributed by atoms with E-state index in [1.807, 2.05) is 18.5 Å². The number of nitrogens with zero attached hydrogens (tertiary/aromatic N) is 5. The number of aromatic nitrogens is 2. The monoisotopic (exact) mass is 587 g/mol. The summed E-state index contributed by atoms with van der Waals surface area (Å²) in [5.41, 5.74) is 3.54. The van der Waals surface area contributed by atoms with Crippen molar-refractivity contribution in [1.29, 1.82) is 0 Å². The van der Waals surface area contributed by atoms with Crippen LogP contribution in [0, 0.1) is 5.82 Å². The standard InChI is InChI=1S/C33H35F2N5O3/c1-7-24-28(34)12-9-21-15-23(41)17-27(30(21)24)26-11-10-25(32(31(26)35)36-20(3)43-6)19(2)39-13-8-14-40-22(18-39)16-29(37-40)33(42)38(4)5/h9-12,15-17,41H,3,7-8,13-14,18H2,1-2,4-6H3/b25-19+,36-32+.